The number of carbonyl (C=O) groups is 1. The standard InChI is InChI=1S/C16H25N3O3S/c1-13-6-3-4-7-14(13)10-17-16(20)12-19-9-5-8-15(11-19)18-23(2,21)22/h3-4,6-7,15,18H,5,8-12H2,1-2H3,(H,17,20). The van der Waals surface area contributed by atoms with Crippen molar-refractivity contribution in [2.45, 2.75) is 32.4 Å². The van der Waals surface area contributed by atoms with E-state index >= 15 is 0 Å². The Labute approximate surface area is 138 Å². The summed E-state index contributed by atoms with van der Waals surface area (Å²) in [6.45, 7) is 4.23. The molecule has 1 fully saturated rings. The molecule has 0 bridgehead atoms. The van der Waals surface area contributed by atoms with Crippen molar-refractivity contribution in [2.24, 2.45) is 0 Å². The molecule has 0 aromatic heterocycles. The van der Waals surface area contributed by atoms with Gasteiger partial charge in [0.1, 0.15) is 0 Å². The van der Waals surface area contributed by atoms with Gasteiger partial charge in [-0.05, 0) is 37.4 Å². The number of hydrogen-bond donors (Lipinski definition) is 2. The van der Waals surface area contributed by atoms with Gasteiger partial charge in [0.2, 0.25) is 15.9 Å². The summed E-state index contributed by atoms with van der Waals surface area (Å²) < 4.78 is 25.2. The van der Waals surface area contributed by atoms with Crippen LogP contribution in [0.1, 0.15) is 24.0 Å². The van der Waals surface area contributed by atoms with E-state index in [9.17, 15) is 13.2 Å². The predicted molar refractivity (Wildman–Crippen MR) is 90.5 cm³/mol. The number of piperidine rings is 1. The number of likely N-dealkylation sites (tertiary alicyclic amines) is 1. The van der Waals surface area contributed by atoms with Gasteiger partial charge in [0.05, 0.1) is 12.8 Å². The van der Waals surface area contributed by atoms with Crippen LogP contribution in [0.3, 0.4) is 0 Å². The fourth-order valence-electron chi connectivity index (χ4n) is 2.86. The molecule has 1 unspecified atom stereocenters. The molecule has 1 amide bonds. The van der Waals surface area contributed by atoms with E-state index in [4.69, 9.17) is 0 Å². The first-order valence-corrected chi connectivity index (χ1v) is 9.73. The Morgan fingerprint density at radius 1 is 1.35 bits per heavy atom. The van der Waals surface area contributed by atoms with Crippen molar-refractivity contribution in [3.8, 4) is 0 Å². The highest BCUT2D eigenvalue weighted by molar-refractivity contribution is 7.88. The van der Waals surface area contributed by atoms with Crippen molar-refractivity contribution in [3.05, 3.63) is 35.4 Å². The number of nitrogens with one attached hydrogen (secondary N) is 2. The van der Waals surface area contributed by atoms with E-state index in [0.29, 0.717) is 19.6 Å². The van der Waals surface area contributed by atoms with Crippen LogP contribution in [0, 0.1) is 6.92 Å². The van der Waals surface area contributed by atoms with Crippen molar-refractivity contribution in [3.63, 3.8) is 0 Å². The van der Waals surface area contributed by atoms with Crippen LogP contribution in [-0.4, -0.2) is 51.2 Å². The number of carbonyl (C=O) groups excluding carboxylic acids is 1. The van der Waals surface area contributed by atoms with Crippen molar-refractivity contribution >= 4 is 15.9 Å². The van der Waals surface area contributed by atoms with Gasteiger partial charge in [0.25, 0.3) is 0 Å². The molecule has 2 N–H and O–H groups in total. The Morgan fingerprint density at radius 2 is 2.09 bits per heavy atom. The van der Waals surface area contributed by atoms with Gasteiger partial charge in [-0.3, -0.25) is 9.69 Å². The zero-order valence-corrected chi connectivity index (χ0v) is 14.5. The summed E-state index contributed by atoms with van der Waals surface area (Å²) in [4.78, 5) is 14.1. The second-order valence-corrected chi connectivity index (χ2v) is 7.95. The third-order valence-corrected chi connectivity index (χ3v) is 4.75. The summed E-state index contributed by atoms with van der Waals surface area (Å²) >= 11 is 0. The summed E-state index contributed by atoms with van der Waals surface area (Å²) in [7, 11) is -3.20. The Hall–Kier alpha value is -1.44. The predicted octanol–water partition coefficient (Wildman–Crippen LogP) is 0.625. The molecule has 1 heterocycles. The lowest BCUT2D eigenvalue weighted by Gasteiger charge is -2.32. The SMILES string of the molecule is Cc1ccccc1CNC(=O)CN1CCCC(NS(C)(=O)=O)C1. The van der Waals surface area contributed by atoms with Gasteiger partial charge >= 0.3 is 0 Å². The second kappa shape index (κ2) is 7.90. The number of amides is 1. The van der Waals surface area contributed by atoms with Gasteiger partial charge in [0.15, 0.2) is 0 Å². The molecule has 1 aromatic rings. The molecule has 7 heteroatoms. The molecule has 0 saturated carbocycles. The molecule has 1 aliphatic heterocycles. The fourth-order valence-corrected chi connectivity index (χ4v) is 3.66. The fraction of sp³-hybridized carbons (Fsp3) is 0.562. The highest BCUT2D eigenvalue weighted by Crippen LogP contribution is 2.11. The molecular formula is C16H25N3O3S. The van der Waals surface area contributed by atoms with Crippen molar-refractivity contribution < 1.29 is 13.2 Å². The van der Waals surface area contributed by atoms with E-state index in [1.807, 2.05) is 36.1 Å². The zero-order chi connectivity index (χ0) is 16.9. The Bertz CT molecular complexity index is 646. The maximum Gasteiger partial charge on any atom is 0.234 e. The lowest BCUT2D eigenvalue weighted by atomic mass is 10.1. The normalized spacial score (nSPS) is 19.5. The van der Waals surface area contributed by atoms with Crippen molar-refractivity contribution in [1.29, 1.82) is 0 Å². The number of aryl methyl sites for hydroxylation is 1. The molecule has 0 radical (unpaired) electrons. The van der Waals surface area contributed by atoms with Crippen molar-refractivity contribution in [2.75, 3.05) is 25.9 Å². The quantitative estimate of drug-likeness (QED) is 0.797. The van der Waals surface area contributed by atoms with E-state index < -0.39 is 10.0 Å². The third kappa shape index (κ3) is 6.29. The minimum absolute atomic E-state index is 0.0340. The molecular weight excluding hydrogens is 314 g/mol. The number of rotatable bonds is 6. The minimum Gasteiger partial charge on any atom is -0.351 e. The molecule has 128 valence electrons. The average Bonchev–Trinajstić information content (AvgIpc) is 2.45. The van der Waals surface area contributed by atoms with E-state index in [1.54, 1.807) is 0 Å². The zero-order valence-electron chi connectivity index (χ0n) is 13.7. The molecule has 2 rings (SSSR count). The average molecular weight is 339 g/mol. The van der Waals surface area contributed by atoms with Crippen LogP contribution in [0.25, 0.3) is 0 Å². The summed E-state index contributed by atoms with van der Waals surface area (Å²) in [5.74, 6) is -0.0340. The number of nitrogens with zero attached hydrogens (tertiary/aromatic N) is 1. The molecule has 1 atom stereocenters. The minimum atomic E-state index is -3.20. The molecule has 1 aromatic carbocycles. The summed E-state index contributed by atoms with van der Waals surface area (Å²) in [6, 6.07) is 7.85. The summed E-state index contributed by atoms with van der Waals surface area (Å²) in [6.07, 6.45) is 2.87. The van der Waals surface area contributed by atoms with Crippen LogP contribution in [-0.2, 0) is 21.4 Å². The molecule has 1 aliphatic rings. The van der Waals surface area contributed by atoms with Gasteiger partial charge in [0, 0.05) is 19.1 Å². The molecule has 1 saturated heterocycles. The Balaban J connectivity index is 1.79. The molecule has 0 spiro atoms. The molecule has 23 heavy (non-hydrogen) atoms. The van der Waals surface area contributed by atoms with Gasteiger partial charge in [-0.1, -0.05) is 24.3 Å². The van der Waals surface area contributed by atoms with Crippen LogP contribution in [0.5, 0.6) is 0 Å². The second-order valence-electron chi connectivity index (χ2n) is 6.17. The third-order valence-electron chi connectivity index (χ3n) is 3.99. The maximum absolute atomic E-state index is 12.1. The van der Waals surface area contributed by atoms with E-state index in [0.717, 1.165) is 30.5 Å². The molecule has 6 nitrogen and oxygen atoms in total. The highest BCUT2D eigenvalue weighted by atomic mass is 32.2. The largest absolute Gasteiger partial charge is 0.351 e. The highest BCUT2D eigenvalue weighted by Gasteiger charge is 2.23. The van der Waals surface area contributed by atoms with Crippen LogP contribution < -0.4 is 10.0 Å². The van der Waals surface area contributed by atoms with Gasteiger partial charge in [-0.25, -0.2) is 13.1 Å². The van der Waals surface area contributed by atoms with E-state index in [2.05, 4.69) is 10.0 Å². The van der Waals surface area contributed by atoms with Gasteiger partial charge < -0.3 is 5.32 Å². The molecule has 0 aliphatic carbocycles. The Kier molecular flexibility index (Phi) is 6.15. The van der Waals surface area contributed by atoms with E-state index in [1.165, 1.54) is 6.26 Å². The van der Waals surface area contributed by atoms with Crippen LogP contribution >= 0.6 is 0 Å². The van der Waals surface area contributed by atoms with Crippen LogP contribution in [0.2, 0.25) is 0 Å². The van der Waals surface area contributed by atoms with Crippen LogP contribution in [0.4, 0.5) is 0 Å². The van der Waals surface area contributed by atoms with E-state index in [-0.39, 0.29) is 11.9 Å². The van der Waals surface area contributed by atoms with Gasteiger partial charge in [-0.15, -0.1) is 0 Å². The first-order chi connectivity index (χ1) is 10.8. The maximum atomic E-state index is 12.1. The first kappa shape index (κ1) is 17.9. The lowest BCUT2D eigenvalue weighted by molar-refractivity contribution is -0.122. The van der Waals surface area contributed by atoms with Crippen molar-refractivity contribution in [1.82, 2.24) is 14.9 Å². The lowest BCUT2D eigenvalue weighted by Crippen LogP contribution is -2.49. The summed E-state index contributed by atoms with van der Waals surface area (Å²) in [5.41, 5.74) is 2.26. The topological polar surface area (TPSA) is 78.5 Å². The number of hydrogen-bond acceptors (Lipinski definition) is 4. The van der Waals surface area contributed by atoms with Gasteiger partial charge in [-0.2, -0.15) is 0 Å². The van der Waals surface area contributed by atoms with Crippen LogP contribution in [0.15, 0.2) is 24.3 Å². The smallest absolute Gasteiger partial charge is 0.234 e. The number of benzene rings is 1. The number of sulfonamides is 1. The summed E-state index contributed by atoms with van der Waals surface area (Å²) in [5, 5.41) is 2.93. The first-order valence-electron chi connectivity index (χ1n) is 7.84. The monoisotopic (exact) mass is 339 g/mol. The Morgan fingerprint density at radius 3 is 2.78 bits per heavy atom.